The van der Waals surface area contributed by atoms with Crippen LogP contribution in [-0.2, 0) is 19.8 Å². The summed E-state index contributed by atoms with van der Waals surface area (Å²) in [4.78, 5) is 25.5. The summed E-state index contributed by atoms with van der Waals surface area (Å²) in [5, 5.41) is 11.6. The minimum atomic E-state index is -1.15. The summed E-state index contributed by atoms with van der Waals surface area (Å²) in [5.74, 6) is -1.84. The normalized spacial score (nSPS) is 12.0. The Labute approximate surface area is 257 Å². The minimum absolute atomic E-state index is 0.144. The average molecular weight is 587 g/mol. The molecule has 1 unspecified atom stereocenters. The molecule has 0 aromatic heterocycles. The smallest absolute Gasteiger partial charge is 0.338 e. The van der Waals surface area contributed by atoms with Gasteiger partial charge in [-0.2, -0.15) is 0 Å². The quantitative estimate of drug-likeness (QED) is 0.122. The number of carbonyl (C=O) groups is 2. The Bertz CT molecular complexity index is 1440. The molecule has 0 aliphatic heterocycles. The van der Waals surface area contributed by atoms with Crippen LogP contribution in [0.3, 0.4) is 0 Å². The number of ether oxygens (including phenoxy) is 3. The number of rotatable bonds is 13. The molecule has 0 amide bonds. The highest BCUT2D eigenvalue weighted by Crippen LogP contribution is 2.40. The van der Waals surface area contributed by atoms with E-state index >= 15 is 0 Å². The first-order chi connectivity index (χ1) is 21.6. The number of esters is 2. The molecule has 222 valence electrons. The van der Waals surface area contributed by atoms with Gasteiger partial charge < -0.3 is 19.3 Å². The topological polar surface area (TPSA) is 82.1 Å². The first kappa shape index (κ1) is 30.4. The van der Waals surface area contributed by atoms with Gasteiger partial charge in [0, 0.05) is 0 Å². The maximum atomic E-state index is 12.8. The van der Waals surface area contributed by atoms with Gasteiger partial charge in [0.25, 0.3) is 0 Å². The van der Waals surface area contributed by atoms with Crippen LogP contribution in [0.1, 0.15) is 37.4 Å². The highest BCUT2D eigenvalue weighted by Gasteiger charge is 2.39. The second kappa shape index (κ2) is 14.9. The van der Waals surface area contributed by atoms with Crippen LogP contribution in [0.5, 0.6) is 0 Å². The molecule has 0 fully saturated rings. The van der Waals surface area contributed by atoms with E-state index in [-0.39, 0.29) is 19.8 Å². The lowest BCUT2D eigenvalue weighted by molar-refractivity contribution is -0.0750. The van der Waals surface area contributed by atoms with Gasteiger partial charge >= 0.3 is 11.9 Å². The molecule has 0 radical (unpaired) electrons. The van der Waals surface area contributed by atoms with Gasteiger partial charge in [-0.1, -0.05) is 127 Å². The van der Waals surface area contributed by atoms with Crippen LogP contribution in [0, 0.1) is 5.92 Å². The van der Waals surface area contributed by atoms with Crippen molar-refractivity contribution in [2.75, 3.05) is 19.8 Å². The van der Waals surface area contributed by atoms with Crippen molar-refractivity contribution in [3.8, 4) is 0 Å². The Morgan fingerprint density at radius 3 is 1.16 bits per heavy atom. The molecule has 0 saturated heterocycles. The first-order valence-corrected chi connectivity index (χ1v) is 14.5. The van der Waals surface area contributed by atoms with Gasteiger partial charge in [-0.05, 0) is 41.0 Å². The Balaban J connectivity index is 1.42. The molecule has 5 aromatic carbocycles. The van der Waals surface area contributed by atoms with Crippen molar-refractivity contribution in [2.45, 2.75) is 11.7 Å². The number of carbonyl (C=O) groups excluding carboxylic acids is 2. The van der Waals surface area contributed by atoms with Gasteiger partial charge in [-0.25, -0.2) is 9.59 Å². The molecular formula is C38H34O6. The fourth-order valence-electron chi connectivity index (χ4n) is 5.07. The predicted molar refractivity (Wildman–Crippen MR) is 168 cm³/mol. The van der Waals surface area contributed by atoms with Crippen LogP contribution >= 0.6 is 0 Å². The number of aliphatic hydroxyl groups excluding tert-OH is 1. The Morgan fingerprint density at radius 2 is 0.818 bits per heavy atom. The van der Waals surface area contributed by atoms with E-state index in [1.807, 2.05) is 103 Å². The molecule has 0 bridgehead atoms. The van der Waals surface area contributed by atoms with Crippen LogP contribution in [-0.4, -0.2) is 43.0 Å². The molecule has 0 aliphatic rings. The highest BCUT2D eigenvalue weighted by atomic mass is 16.6. The zero-order chi connectivity index (χ0) is 30.6. The van der Waals surface area contributed by atoms with Crippen molar-refractivity contribution < 1.29 is 28.9 Å². The van der Waals surface area contributed by atoms with Crippen LogP contribution in [0.2, 0.25) is 0 Å². The molecule has 1 N–H and O–H groups in total. The van der Waals surface area contributed by atoms with Gasteiger partial charge in [0.1, 0.15) is 18.8 Å². The van der Waals surface area contributed by atoms with Gasteiger partial charge in [0.2, 0.25) is 0 Å². The lowest BCUT2D eigenvalue weighted by atomic mass is 9.80. The van der Waals surface area contributed by atoms with Crippen molar-refractivity contribution >= 4 is 11.9 Å². The zero-order valence-electron chi connectivity index (χ0n) is 24.2. The number of aliphatic hydroxyl groups is 1. The molecule has 5 rings (SSSR count). The molecule has 44 heavy (non-hydrogen) atoms. The predicted octanol–water partition coefficient (Wildman–Crippen LogP) is 6.69. The third kappa shape index (κ3) is 7.29. The zero-order valence-corrected chi connectivity index (χ0v) is 24.2. The Morgan fingerprint density at radius 1 is 0.500 bits per heavy atom. The van der Waals surface area contributed by atoms with Crippen molar-refractivity contribution in [3.63, 3.8) is 0 Å². The van der Waals surface area contributed by atoms with Gasteiger partial charge in [0.05, 0.1) is 29.8 Å². The lowest BCUT2D eigenvalue weighted by Crippen LogP contribution is -2.40. The summed E-state index contributed by atoms with van der Waals surface area (Å²) < 4.78 is 18.0. The standard InChI is InChI=1S/C38H34O6/c39-35(31(26-42-36(40)29-16-6-1-7-17-29)27-43-37(41)30-18-8-2-9-19-30)28-44-38(32-20-10-3-11-21-32,33-22-12-4-13-23-33)34-24-14-5-15-25-34/h1-25,31,35,39H,26-28H2. The summed E-state index contributed by atoms with van der Waals surface area (Å²) in [6, 6.07) is 46.7. The highest BCUT2D eigenvalue weighted by molar-refractivity contribution is 5.89. The van der Waals surface area contributed by atoms with E-state index in [0.29, 0.717) is 11.1 Å². The lowest BCUT2D eigenvalue weighted by Gasteiger charge is -2.37. The molecular weight excluding hydrogens is 552 g/mol. The van der Waals surface area contributed by atoms with Crippen LogP contribution in [0.15, 0.2) is 152 Å². The maximum absolute atomic E-state index is 12.8. The van der Waals surface area contributed by atoms with E-state index in [9.17, 15) is 14.7 Å². The van der Waals surface area contributed by atoms with Crippen molar-refractivity contribution in [2.24, 2.45) is 5.92 Å². The summed E-state index contributed by atoms with van der Waals surface area (Å²) in [7, 11) is 0. The fraction of sp³-hybridized carbons (Fsp3) is 0.158. The van der Waals surface area contributed by atoms with Crippen molar-refractivity contribution in [1.82, 2.24) is 0 Å². The van der Waals surface area contributed by atoms with E-state index in [2.05, 4.69) is 0 Å². The minimum Gasteiger partial charge on any atom is -0.462 e. The average Bonchev–Trinajstić information content (AvgIpc) is 3.10. The van der Waals surface area contributed by atoms with Gasteiger partial charge in [0.15, 0.2) is 0 Å². The number of benzene rings is 5. The molecule has 1 atom stereocenters. The van der Waals surface area contributed by atoms with Crippen LogP contribution in [0.25, 0.3) is 0 Å². The SMILES string of the molecule is O=C(OCC(COC(=O)c1ccccc1)C(O)COC(c1ccccc1)(c1ccccc1)c1ccccc1)c1ccccc1. The van der Waals surface area contributed by atoms with E-state index in [1.165, 1.54) is 0 Å². The molecule has 0 saturated carbocycles. The second-order valence-corrected chi connectivity index (χ2v) is 10.3. The summed E-state index contributed by atoms with van der Waals surface area (Å²) in [6.45, 7) is -0.514. The van der Waals surface area contributed by atoms with Crippen LogP contribution in [0.4, 0.5) is 0 Å². The van der Waals surface area contributed by atoms with Crippen molar-refractivity contribution in [1.29, 1.82) is 0 Å². The summed E-state index contributed by atoms with van der Waals surface area (Å²) >= 11 is 0. The van der Waals surface area contributed by atoms with Gasteiger partial charge in [-0.3, -0.25) is 0 Å². The molecule has 6 heteroatoms. The monoisotopic (exact) mass is 586 g/mol. The molecule has 5 aromatic rings. The van der Waals surface area contributed by atoms with E-state index in [1.54, 1.807) is 48.5 Å². The number of hydrogen-bond donors (Lipinski definition) is 1. The summed E-state index contributed by atoms with van der Waals surface area (Å²) in [6.07, 6.45) is -1.15. The van der Waals surface area contributed by atoms with E-state index in [0.717, 1.165) is 16.7 Å². The van der Waals surface area contributed by atoms with Crippen molar-refractivity contribution in [3.05, 3.63) is 179 Å². The maximum Gasteiger partial charge on any atom is 0.338 e. The second-order valence-electron chi connectivity index (χ2n) is 10.3. The summed E-state index contributed by atoms with van der Waals surface area (Å²) in [5.41, 5.74) is 2.35. The Hall–Kier alpha value is -5.04. The van der Waals surface area contributed by atoms with Crippen LogP contribution < -0.4 is 0 Å². The molecule has 6 nitrogen and oxygen atoms in total. The molecule has 0 spiro atoms. The van der Waals surface area contributed by atoms with E-state index < -0.39 is 29.6 Å². The van der Waals surface area contributed by atoms with Gasteiger partial charge in [-0.15, -0.1) is 0 Å². The third-order valence-corrected chi connectivity index (χ3v) is 7.43. The number of hydrogen-bond acceptors (Lipinski definition) is 6. The Kier molecular flexibility index (Phi) is 10.3. The fourth-order valence-corrected chi connectivity index (χ4v) is 5.07. The molecule has 0 heterocycles. The molecule has 0 aliphatic carbocycles. The largest absolute Gasteiger partial charge is 0.462 e. The van der Waals surface area contributed by atoms with E-state index in [4.69, 9.17) is 14.2 Å². The third-order valence-electron chi connectivity index (χ3n) is 7.43. The first-order valence-electron chi connectivity index (χ1n) is 14.5.